The fraction of sp³-hybridized carbons (Fsp3) is 0.647. The van der Waals surface area contributed by atoms with E-state index < -0.39 is 0 Å². The van der Waals surface area contributed by atoms with Crippen LogP contribution in [-0.4, -0.2) is 68.3 Å². The third kappa shape index (κ3) is 3.73. The molecule has 136 valence electrons. The first kappa shape index (κ1) is 17.6. The summed E-state index contributed by atoms with van der Waals surface area (Å²) in [5, 5.41) is 8.31. The fourth-order valence-corrected chi connectivity index (χ4v) is 3.16. The molecular weight excluding hydrogens is 318 g/mol. The molecule has 0 spiro atoms. The minimum atomic E-state index is -0.208. The van der Waals surface area contributed by atoms with Crippen LogP contribution in [0.15, 0.2) is 12.5 Å². The van der Waals surface area contributed by atoms with E-state index in [1.54, 1.807) is 11.0 Å². The number of hydrogen-bond acceptors (Lipinski definition) is 6. The summed E-state index contributed by atoms with van der Waals surface area (Å²) in [6, 6.07) is -0.134. The highest BCUT2D eigenvalue weighted by molar-refractivity contribution is 5.86. The van der Waals surface area contributed by atoms with Gasteiger partial charge in [-0.05, 0) is 27.7 Å². The molecule has 0 aromatic carbocycles. The Kier molecular flexibility index (Phi) is 4.64. The molecule has 3 heterocycles. The molecule has 8 nitrogen and oxygen atoms in total. The number of nitrogens with one attached hydrogen (secondary N) is 1. The van der Waals surface area contributed by atoms with Gasteiger partial charge in [0.1, 0.15) is 12.1 Å². The van der Waals surface area contributed by atoms with Gasteiger partial charge in [0.05, 0.1) is 17.6 Å². The van der Waals surface area contributed by atoms with E-state index in [1.165, 1.54) is 0 Å². The summed E-state index contributed by atoms with van der Waals surface area (Å²) in [6.07, 6.45) is 3.40. The van der Waals surface area contributed by atoms with Gasteiger partial charge in [-0.1, -0.05) is 0 Å². The van der Waals surface area contributed by atoms with E-state index in [9.17, 15) is 4.79 Å². The van der Waals surface area contributed by atoms with Crippen LogP contribution >= 0.6 is 0 Å². The molecule has 2 aromatic rings. The second kappa shape index (κ2) is 6.59. The maximum Gasteiger partial charge on any atom is 0.237 e. The van der Waals surface area contributed by atoms with Gasteiger partial charge >= 0.3 is 0 Å². The van der Waals surface area contributed by atoms with Crippen LogP contribution in [0.5, 0.6) is 0 Å². The number of fused-ring (bicyclic) bond motifs is 1. The maximum absolute atomic E-state index is 12.4. The Labute approximate surface area is 148 Å². The normalized spacial score (nSPS) is 17.7. The smallest absolute Gasteiger partial charge is 0.237 e. The van der Waals surface area contributed by atoms with Crippen LogP contribution in [0, 0.1) is 0 Å². The maximum atomic E-state index is 12.4. The molecule has 0 bridgehead atoms. The van der Waals surface area contributed by atoms with E-state index in [4.69, 9.17) is 0 Å². The van der Waals surface area contributed by atoms with E-state index in [0.717, 1.165) is 43.0 Å². The average molecular weight is 345 g/mol. The summed E-state index contributed by atoms with van der Waals surface area (Å²) >= 11 is 0. The molecule has 0 saturated carbocycles. The second-order valence-corrected chi connectivity index (χ2v) is 7.64. The first-order chi connectivity index (χ1) is 11.8. The zero-order valence-electron chi connectivity index (χ0n) is 15.7. The van der Waals surface area contributed by atoms with Crippen molar-refractivity contribution in [3.05, 3.63) is 12.5 Å². The van der Waals surface area contributed by atoms with Gasteiger partial charge in [-0.3, -0.25) is 14.4 Å². The van der Waals surface area contributed by atoms with Crippen molar-refractivity contribution in [2.24, 2.45) is 7.05 Å². The fourth-order valence-electron chi connectivity index (χ4n) is 3.16. The van der Waals surface area contributed by atoms with Crippen molar-refractivity contribution in [1.82, 2.24) is 30.0 Å². The van der Waals surface area contributed by atoms with Gasteiger partial charge in [-0.15, -0.1) is 0 Å². The van der Waals surface area contributed by atoms with Crippen LogP contribution in [-0.2, 0) is 11.8 Å². The highest BCUT2D eigenvalue weighted by Crippen LogP contribution is 2.23. The molecule has 1 aliphatic rings. The summed E-state index contributed by atoms with van der Waals surface area (Å²) in [6.45, 7) is 11.3. The highest BCUT2D eigenvalue weighted by Gasteiger charge is 2.28. The Morgan fingerprint density at radius 2 is 1.88 bits per heavy atom. The lowest BCUT2D eigenvalue weighted by Crippen LogP contribution is -2.56. The molecular formula is C17H27N7O. The number of piperazine rings is 1. The summed E-state index contributed by atoms with van der Waals surface area (Å²) in [5.41, 5.74) is 0.630. The van der Waals surface area contributed by atoms with Gasteiger partial charge < -0.3 is 10.2 Å². The standard InChI is InChI=1S/C17H27N7O/c1-12(16(25)21-17(2,3)4)23-6-8-24(9-7-23)15-13-10-20-22(5)14(13)18-11-19-15/h10-12H,6-9H2,1-5H3,(H,21,25). The van der Waals surface area contributed by atoms with Crippen LogP contribution in [0.2, 0.25) is 0 Å². The molecule has 1 N–H and O–H groups in total. The Morgan fingerprint density at radius 1 is 1.20 bits per heavy atom. The minimum absolute atomic E-state index is 0.0811. The summed E-state index contributed by atoms with van der Waals surface area (Å²) in [7, 11) is 1.88. The number of carbonyl (C=O) groups is 1. The molecule has 2 aromatic heterocycles. The predicted molar refractivity (Wildman–Crippen MR) is 97.4 cm³/mol. The molecule has 8 heteroatoms. The molecule has 0 radical (unpaired) electrons. The van der Waals surface area contributed by atoms with Crippen molar-refractivity contribution >= 4 is 22.8 Å². The first-order valence-electron chi connectivity index (χ1n) is 8.70. The van der Waals surface area contributed by atoms with Crippen LogP contribution in [0.4, 0.5) is 5.82 Å². The molecule has 25 heavy (non-hydrogen) atoms. The third-order valence-corrected chi connectivity index (χ3v) is 4.55. The Balaban J connectivity index is 1.66. The third-order valence-electron chi connectivity index (χ3n) is 4.55. The molecule has 0 aliphatic carbocycles. The predicted octanol–water partition coefficient (Wildman–Crippen LogP) is 0.789. The summed E-state index contributed by atoms with van der Waals surface area (Å²) < 4.78 is 1.76. The van der Waals surface area contributed by atoms with E-state index in [2.05, 4.69) is 30.2 Å². The van der Waals surface area contributed by atoms with Crippen LogP contribution in [0.3, 0.4) is 0 Å². The van der Waals surface area contributed by atoms with Crippen LogP contribution in [0.1, 0.15) is 27.7 Å². The number of rotatable bonds is 3. The van der Waals surface area contributed by atoms with Gasteiger partial charge in [0.25, 0.3) is 0 Å². The molecule has 1 unspecified atom stereocenters. The average Bonchev–Trinajstić information content (AvgIpc) is 2.94. The van der Waals surface area contributed by atoms with Crippen molar-refractivity contribution < 1.29 is 4.79 Å². The SMILES string of the molecule is CC(C(=O)NC(C)(C)C)N1CCN(c2ncnc3c2cnn3C)CC1. The molecule has 3 rings (SSSR count). The van der Waals surface area contributed by atoms with Gasteiger partial charge in [-0.2, -0.15) is 5.10 Å². The number of amides is 1. The monoisotopic (exact) mass is 345 g/mol. The lowest BCUT2D eigenvalue weighted by molar-refractivity contribution is -0.127. The van der Waals surface area contributed by atoms with Crippen LogP contribution < -0.4 is 10.2 Å². The Bertz CT molecular complexity index is 756. The number of aromatic nitrogens is 4. The van der Waals surface area contributed by atoms with Crippen molar-refractivity contribution in [1.29, 1.82) is 0 Å². The topological polar surface area (TPSA) is 79.2 Å². The van der Waals surface area contributed by atoms with E-state index in [1.807, 2.05) is 40.9 Å². The van der Waals surface area contributed by atoms with Crippen molar-refractivity contribution in [3.8, 4) is 0 Å². The highest BCUT2D eigenvalue weighted by atomic mass is 16.2. The molecule has 1 fully saturated rings. The minimum Gasteiger partial charge on any atom is -0.353 e. The molecule has 1 aliphatic heterocycles. The zero-order valence-corrected chi connectivity index (χ0v) is 15.7. The Morgan fingerprint density at radius 3 is 2.52 bits per heavy atom. The molecule has 1 amide bonds. The quantitative estimate of drug-likeness (QED) is 0.886. The van der Waals surface area contributed by atoms with Crippen molar-refractivity contribution in [2.45, 2.75) is 39.3 Å². The number of aryl methyl sites for hydroxylation is 1. The van der Waals surface area contributed by atoms with Gasteiger partial charge in [0, 0.05) is 38.8 Å². The van der Waals surface area contributed by atoms with Gasteiger partial charge in [0.2, 0.25) is 5.91 Å². The largest absolute Gasteiger partial charge is 0.353 e. The second-order valence-electron chi connectivity index (χ2n) is 7.64. The zero-order chi connectivity index (χ0) is 18.2. The van der Waals surface area contributed by atoms with Crippen molar-refractivity contribution in [2.75, 3.05) is 31.1 Å². The van der Waals surface area contributed by atoms with E-state index in [0.29, 0.717) is 0 Å². The van der Waals surface area contributed by atoms with Crippen LogP contribution in [0.25, 0.3) is 11.0 Å². The number of nitrogens with zero attached hydrogens (tertiary/aromatic N) is 6. The molecule has 1 atom stereocenters. The Hall–Kier alpha value is -2.22. The number of anilines is 1. The van der Waals surface area contributed by atoms with Gasteiger partial charge in [0.15, 0.2) is 5.65 Å². The van der Waals surface area contributed by atoms with E-state index in [-0.39, 0.29) is 17.5 Å². The lowest BCUT2D eigenvalue weighted by atomic mass is 10.1. The summed E-state index contributed by atoms with van der Waals surface area (Å²) in [5.74, 6) is 1.00. The number of hydrogen-bond donors (Lipinski definition) is 1. The molecule has 1 saturated heterocycles. The first-order valence-corrected chi connectivity index (χ1v) is 8.70. The summed E-state index contributed by atoms with van der Waals surface area (Å²) in [4.78, 5) is 25.6. The number of carbonyl (C=O) groups excluding carboxylic acids is 1. The van der Waals surface area contributed by atoms with E-state index >= 15 is 0 Å². The van der Waals surface area contributed by atoms with Crippen molar-refractivity contribution in [3.63, 3.8) is 0 Å². The van der Waals surface area contributed by atoms with Gasteiger partial charge in [-0.25, -0.2) is 9.97 Å². The lowest BCUT2D eigenvalue weighted by Gasteiger charge is -2.38.